The minimum atomic E-state index is -1.08. The van der Waals surface area contributed by atoms with Gasteiger partial charge in [-0.15, -0.1) is 0 Å². The summed E-state index contributed by atoms with van der Waals surface area (Å²) in [6.45, 7) is 3.45. The fraction of sp³-hybridized carbons (Fsp3) is 0.278. The van der Waals surface area contributed by atoms with Crippen LogP contribution in [0.25, 0.3) is 0 Å². The van der Waals surface area contributed by atoms with E-state index in [0.29, 0.717) is 22.7 Å². The number of carbonyl (C=O) groups excluding carboxylic acids is 1. The standard InChI is InChI=1S/C18H18N4O3/c1-18(2)16(23)15(12-9-11(10-19)6-7-13(12)25-18)22(17(20)24)14-5-3-4-8-21-14/h3-9,15-16,23H,1-2H3,(H2,20,24). The molecule has 1 aromatic heterocycles. The van der Waals surface area contributed by atoms with Crippen LogP contribution in [0, 0.1) is 11.3 Å². The van der Waals surface area contributed by atoms with Crippen LogP contribution in [0.3, 0.4) is 0 Å². The van der Waals surface area contributed by atoms with E-state index in [1.165, 1.54) is 11.1 Å². The number of pyridine rings is 1. The number of carbonyl (C=O) groups is 1. The largest absolute Gasteiger partial charge is 0.485 e. The molecule has 0 saturated carbocycles. The third kappa shape index (κ3) is 2.88. The first-order valence-electron chi connectivity index (χ1n) is 7.76. The van der Waals surface area contributed by atoms with Crippen LogP contribution in [0.2, 0.25) is 0 Å². The molecule has 2 unspecified atom stereocenters. The van der Waals surface area contributed by atoms with E-state index in [1.807, 2.05) is 0 Å². The number of aliphatic hydroxyl groups is 1. The molecule has 1 aliphatic rings. The zero-order valence-electron chi connectivity index (χ0n) is 13.9. The van der Waals surface area contributed by atoms with Crippen molar-refractivity contribution in [3.63, 3.8) is 0 Å². The first-order valence-corrected chi connectivity index (χ1v) is 7.76. The van der Waals surface area contributed by atoms with Gasteiger partial charge < -0.3 is 15.6 Å². The number of nitriles is 1. The Kier molecular flexibility index (Phi) is 4.07. The number of benzene rings is 1. The number of fused-ring (bicyclic) bond motifs is 1. The Morgan fingerprint density at radius 2 is 2.16 bits per heavy atom. The SMILES string of the molecule is CC1(C)Oc2ccc(C#N)cc2C(N(C(N)=O)c2ccccn2)C1O. The van der Waals surface area contributed by atoms with Gasteiger partial charge in [-0.1, -0.05) is 6.07 Å². The second-order valence-electron chi connectivity index (χ2n) is 6.36. The van der Waals surface area contributed by atoms with Crippen molar-refractivity contribution in [2.75, 3.05) is 4.90 Å². The van der Waals surface area contributed by atoms with E-state index >= 15 is 0 Å². The first kappa shape index (κ1) is 16.7. The number of rotatable bonds is 2. The normalized spacial score (nSPS) is 20.7. The number of aliphatic hydroxyl groups excluding tert-OH is 1. The van der Waals surface area contributed by atoms with Gasteiger partial charge >= 0.3 is 6.03 Å². The van der Waals surface area contributed by atoms with Gasteiger partial charge in [0.25, 0.3) is 0 Å². The average Bonchev–Trinajstić information content (AvgIpc) is 2.59. The molecule has 3 rings (SSSR count). The van der Waals surface area contributed by atoms with Crippen LogP contribution in [0.5, 0.6) is 5.75 Å². The maximum atomic E-state index is 12.2. The Balaban J connectivity index is 2.21. The molecule has 128 valence electrons. The number of ether oxygens (including phenoxy) is 1. The summed E-state index contributed by atoms with van der Waals surface area (Å²) in [5.74, 6) is 0.798. The van der Waals surface area contributed by atoms with Gasteiger partial charge in [0.05, 0.1) is 17.7 Å². The van der Waals surface area contributed by atoms with E-state index in [-0.39, 0.29) is 0 Å². The number of hydrogen-bond donors (Lipinski definition) is 2. The molecule has 7 heteroatoms. The molecule has 3 N–H and O–H groups in total. The molecule has 2 aromatic rings. The fourth-order valence-corrected chi connectivity index (χ4v) is 3.01. The molecule has 0 spiro atoms. The van der Waals surface area contributed by atoms with Crippen molar-refractivity contribution in [2.24, 2.45) is 5.73 Å². The lowest BCUT2D eigenvalue weighted by molar-refractivity contribution is -0.0572. The van der Waals surface area contributed by atoms with Crippen molar-refractivity contribution >= 4 is 11.8 Å². The van der Waals surface area contributed by atoms with Gasteiger partial charge in [0.1, 0.15) is 23.3 Å². The molecular weight excluding hydrogens is 320 g/mol. The van der Waals surface area contributed by atoms with E-state index in [4.69, 9.17) is 10.5 Å². The lowest BCUT2D eigenvalue weighted by Crippen LogP contribution is -2.56. The maximum absolute atomic E-state index is 12.2. The Labute approximate surface area is 145 Å². The number of amides is 2. The van der Waals surface area contributed by atoms with Gasteiger partial charge in [0, 0.05) is 11.8 Å². The first-order chi connectivity index (χ1) is 11.8. The second kappa shape index (κ2) is 6.07. The third-order valence-corrected chi connectivity index (χ3v) is 4.25. The Morgan fingerprint density at radius 1 is 1.40 bits per heavy atom. The predicted molar refractivity (Wildman–Crippen MR) is 90.9 cm³/mol. The number of primary amides is 1. The molecule has 1 aliphatic heterocycles. The van der Waals surface area contributed by atoms with Gasteiger partial charge in [-0.3, -0.25) is 4.90 Å². The number of nitrogens with two attached hydrogens (primary N) is 1. The highest BCUT2D eigenvalue weighted by atomic mass is 16.5. The lowest BCUT2D eigenvalue weighted by Gasteiger charge is -2.45. The van der Waals surface area contributed by atoms with Gasteiger partial charge in [0.2, 0.25) is 0 Å². The van der Waals surface area contributed by atoms with Crippen LogP contribution in [0.1, 0.15) is 31.0 Å². The topological polar surface area (TPSA) is 112 Å². The summed E-state index contributed by atoms with van der Waals surface area (Å²) in [5.41, 5.74) is 5.55. The van der Waals surface area contributed by atoms with Crippen LogP contribution >= 0.6 is 0 Å². The van der Waals surface area contributed by atoms with E-state index in [9.17, 15) is 15.2 Å². The summed E-state index contributed by atoms with van der Waals surface area (Å²) in [7, 11) is 0. The molecule has 2 atom stereocenters. The molecule has 2 amide bonds. The van der Waals surface area contributed by atoms with Crippen LogP contribution in [0.15, 0.2) is 42.6 Å². The molecular formula is C18H18N4O3. The third-order valence-electron chi connectivity index (χ3n) is 4.25. The van der Waals surface area contributed by atoms with Gasteiger partial charge in [-0.2, -0.15) is 5.26 Å². The Morgan fingerprint density at radius 3 is 2.76 bits per heavy atom. The number of nitrogens with zero attached hydrogens (tertiary/aromatic N) is 3. The molecule has 0 saturated heterocycles. The van der Waals surface area contributed by atoms with Crippen molar-refractivity contribution in [2.45, 2.75) is 31.6 Å². The summed E-state index contributed by atoms with van der Waals surface area (Å²) in [6.07, 6.45) is 0.456. The van der Waals surface area contributed by atoms with Gasteiger partial charge in [0.15, 0.2) is 0 Å². The van der Waals surface area contributed by atoms with Crippen molar-refractivity contribution in [1.82, 2.24) is 4.98 Å². The summed E-state index contributed by atoms with van der Waals surface area (Å²) >= 11 is 0. The van der Waals surface area contributed by atoms with Crippen molar-refractivity contribution in [3.8, 4) is 11.8 Å². The smallest absolute Gasteiger partial charge is 0.321 e. The number of aromatic nitrogens is 1. The summed E-state index contributed by atoms with van der Waals surface area (Å²) in [4.78, 5) is 17.6. The van der Waals surface area contributed by atoms with E-state index in [0.717, 1.165) is 0 Å². The second-order valence-corrected chi connectivity index (χ2v) is 6.36. The number of anilines is 1. The zero-order chi connectivity index (χ0) is 18.2. The predicted octanol–water partition coefficient (Wildman–Crippen LogP) is 2.11. The summed E-state index contributed by atoms with van der Waals surface area (Å²) < 4.78 is 5.87. The molecule has 0 aliphatic carbocycles. The van der Waals surface area contributed by atoms with Crippen LogP contribution < -0.4 is 15.4 Å². The van der Waals surface area contributed by atoms with Gasteiger partial charge in [-0.05, 0) is 44.2 Å². The van der Waals surface area contributed by atoms with E-state index in [1.54, 1.807) is 50.2 Å². The number of hydrogen-bond acceptors (Lipinski definition) is 5. The van der Waals surface area contributed by atoms with Gasteiger partial charge in [-0.25, -0.2) is 9.78 Å². The summed E-state index contributed by atoms with van der Waals surface area (Å²) in [5, 5.41) is 20.1. The number of urea groups is 1. The Bertz CT molecular complexity index is 845. The summed E-state index contributed by atoms with van der Waals surface area (Å²) in [6, 6.07) is 10.4. The molecule has 0 fully saturated rings. The highest BCUT2D eigenvalue weighted by Gasteiger charge is 2.47. The van der Waals surface area contributed by atoms with Crippen LogP contribution in [-0.2, 0) is 0 Å². The zero-order valence-corrected chi connectivity index (χ0v) is 13.9. The molecule has 0 bridgehead atoms. The molecule has 1 aromatic carbocycles. The van der Waals surface area contributed by atoms with E-state index < -0.39 is 23.8 Å². The average molecular weight is 338 g/mol. The van der Waals surface area contributed by atoms with Crippen LogP contribution in [0.4, 0.5) is 10.6 Å². The van der Waals surface area contributed by atoms with Crippen molar-refractivity contribution in [3.05, 3.63) is 53.7 Å². The quantitative estimate of drug-likeness (QED) is 0.871. The highest BCUT2D eigenvalue weighted by molar-refractivity contribution is 5.91. The molecule has 0 radical (unpaired) electrons. The minimum absolute atomic E-state index is 0.310. The maximum Gasteiger partial charge on any atom is 0.321 e. The molecule has 25 heavy (non-hydrogen) atoms. The minimum Gasteiger partial charge on any atom is -0.485 e. The molecule has 2 heterocycles. The highest BCUT2D eigenvalue weighted by Crippen LogP contribution is 2.44. The Hall–Kier alpha value is -3.11. The molecule has 7 nitrogen and oxygen atoms in total. The van der Waals surface area contributed by atoms with E-state index in [2.05, 4.69) is 11.1 Å². The lowest BCUT2D eigenvalue weighted by atomic mass is 9.85. The van der Waals surface area contributed by atoms with Crippen molar-refractivity contribution in [1.29, 1.82) is 5.26 Å². The fourth-order valence-electron chi connectivity index (χ4n) is 3.01. The van der Waals surface area contributed by atoms with Crippen LogP contribution in [-0.4, -0.2) is 27.8 Å². The monoisotopic (exact) mass is 338 g/mol. The van der Waals surface area contributed by atoms with Crippen molar-refractivity contribution < 1.29 is 14.6 Å².